The van der Waals surface area contributed by atoms with Crippen LogP contribution >= 0.6 is 0 Å². The third-order valence-electron chi connectivity index (χ3n) is 1.92. The number of fused-ring (bicyclic) bond motifs is 1. The molecule has 1 aromatic carbocycles. The van der Waals surface area contributed by atoms with Crippen LogP contribution in [0, 0.1) is 0 Å². The molecule has 0 aliphatic heterocycles. The van der Waals surface area contributed by atoms with Gasteiger partial charge in [-0.3, -0.25) is 4.89 Å². The summed E-state index contributed by atoms with van der Waals surface area (Å²) in [6.07, 6.45) is 1.53. The third-order valence-corrected chi connectivity index (χ3v) is 1.92. The Morgan fingerprint density at radius 2 is 2.40 bits per heavy atom. The second-order valence-corrected chi connectivity index (χ2v) is 2.88. The van der Waals surface area contributed by atoms with Gasteiger partial charge in [0, 0.05) is 0 Å². The van der Waals surface area contributed by atoms with Crippen molar-refractivity contribution in [3.05, 3.63) is 30.1 Å². The van der Waals surface area contributed by atoms with Gasteiger partial charge in [0.25, 0.3) is 0 Å². The highest BCUT2D eigenvalue weighted by Gasteiger charge is 2.13. The predicted octanol–water partition coefficient (Wildman–Crippen LogP) is 1.67. The maximum Gasteiger partial charge on any atom is 0.375 e. The fourth-order valence-corrected chi connectivity index (χ4v) is 1.29. The molecule has 78 valence electrons. The molecule has 0 fully saturated rings. The zero-order chi connectivity index (χ0) is 10.7. The maximum absolute atomic E-state index is 11.5. The molecule has 0 bridgehead atoms. The lowest BCUT2D eigenvalue weighted by Crippen LogP contribution is -2.06. The zero-order valence-corrected chi connectivity index (χ0v) is 8.19. The van der Waals surface area contributed by atoms with E-state index in [-0.39, 0.29) is 0 Å². The summed E-state index contributed by atoms with van der Waals surface area (Å²) in [6.45, 7) is 2.06. The standard InChI is InChI=1S/C10H10N2O3/c1-2-14-15-10(13)7-4-3-5-8-9(7)12-6-11-8/h3-6H,2H2,1H3,(H,11,12). The molecule has 0 aliphatic carbocycles. The highest BCUT2D eigenvalue weighted by atomic mass is 17.2. The van der Waals surface area contributed by atoms with E-state index < -0.39 is 5.97 Å². The van der Waals surface area contributed by atoms with Crippen molar-refractivity contribution in [1.29, 1.82) is 0 Å². The Morgan fingerprint density at radius 3 is 3.20 bits per heavy atom. The van der Waals surface area contributed by atoms with E-state index in [0.717, 1.165) is 5.52 Å². The minimum absolute atomic E-state index is 0.322. The van der Waals surface area contributed by atoms with Crippen LogP contribution in [-0.4, -0.2) is 22.5 Å². The Bertz CT molecular complexity index is 478. The smallest absolute Gasteiger partial charge is 0.345 e. The summed E-state index contributed by atoms with van der Waals surface area (Å²) in [5, 5.41) is 0. The van der Waals surface area contributed by atoms with E-state index in [0.29, 0.717) is 17.7 Å². The summed E-state index contributed by atoms with van der Waals surface area (Å²) in [6, 6.07) is 5.23. The number of aromatic amines is 1. The Morgan fingerprint density at radius 1 is 1.53 bits per heavy atom. The monoisotopic (exact) mass is 206 g/mol. The molecule has 0 radical (unpaired) electrons. The van der Waals surface area contributed by atoms with Crippen LogP contribution in [0.2, 0.25) is 0 Å². The number of imidazole rings is 1. The van der Waals surface area contributed by atoms with Crippen molar-refractivity contribution in [3.8, 4) is 0 Å². The number of benzene rings is 1. The molecule has 1 aromatic heterocycles. The van der Waals surface area contributed by atoms with E-state index in [9.17, 15) is 4.79 Å². The molecule has 0 aliphatic rings. The van der Waals surface area contributed by atoms with Gasteiger partial charge in [0.15, 0.2) is 0 Å². The molecule has 0 saturated heterocycles. The summed E-state index contributed by atoms with van der Waals surface area (Å²) in [7, 11) is 0. The first-order chi connectivity index (χ1) is 7.33. The quantitative estimate of drug-likeness (QED) is 0.612. The Balaban J connectivity index is 2.34. The van der Waals surface area contributed by atoms with Crippen LogP contribution in [0.15, 0.2) is 24.5 Å². The first-order valence-corrected chi connectivity index (χ1v) is 4.59. The molecule has 0 atom stereocenters. The van der Waals surface area contributed by atoms with Crippen molar-refractivity contribution in [2.75, 3.05) is 6.61 Å². The van der Waals surface area contributed by atoms with Gasteiger partial charge in [-0.25, -0.2) is 9.78 Å². The summed E-state index contributed by atoms with van der Waals surface area (Å²) in [5.41, 5.74) is 1.77. The van der Waals surface area contributed by atoms with Crippen LogP contribution in [-0.2, 0) is 9.78 Å². The summed E-state index contributed by atoms with van der Waals surface area (Å²) < 4.78 is 0. The number of aromatic nitrogens is 2. The molecule has 0 spiro atoms. The first-order valence-electron chi connectivity index (χ1n) is 4.59. The molecule has 0 saturated carbocycles. The SMILES string of the molecule is CCOOC(=O)c1cccc2[nH]cnc12. The Hall–Kier alpha value is -1.88. The van der Waals surface area contributed by atoms with Crippen molar-refractivity contribution in [2.45, 2.75) is 6.92 Å². The lowest BCUT2D eigenvalue weighted by molar-refractivity contribution is -0.236. The van der Waals surface area contributed by atoms with E-state index in [4.69, 9.17) is 0 Å². The molecular formula is C10H10N2O3. The topological polar surface area (TPSA) is 64.2 Å². The van der Waals surface area contributed by atoms with Crippen LogP contribution in [0.25, 0.3) is 11.0 Å². The van der Waals surface area contributed by atoms with Crippen molar-refractivity contribution in [3.63, 3.8) is 0 Å². The van der Waals surface area contributed by atoms with Gasteiger partial charge < -0.3 is 4.98 Å². The van der Waals surface area contributed by atoms with Crippen LogP contribution in [0.5, 0.6) is 0 Å². The molecule has 15 heavy (non-hydrogen) atoms. The predicted molar refractivity (Wildman–Crippen MR) is 53.1 cm³/mol. The number of carbonyl (C=O) groups is 1. The Kier molecular flexibility index (Phi) is 2.64. The third kappa shape index (κ3) is 1.82. The fraction of sp³-hybridized carbons (Fsp3) is 0.200. The van der Waals surface area contributed by atoms with E-state index in [1.807, 2.05) is 6.07 Å². The molecular weight excluding hydrogens is 196 g/mol. The highest BCUT2D eigenvalue weighted by Crippen LogP contribution is 2.15. The van der Waals surface area contributed by atoms with Gasteiger partial charge in [0.1, 0.15) is 5.52 Å². The van der Waals surface area contributed by atoms with Crippen molar-refractivity contribution in [1.82, 2.24) is 9.97 Å². The van der Waals surface area contributed by atoms with Crippen molar-refractivity contribution >= 4 is 17.0 Å². The van der Waals surface area contributed by atoms with Gasteiger partial charge in [-0.05, 0) is 19.1 Å². The summed E-state index contributed by atoms with van der Waals surface area (Å²) >= 11 is 0. The Labute approximate surface area is 86.0 Å². The number of hydrogen-bond acceptors (Lipinski definition) is 4. The molecule has 2 rings (SSSR count). The highest BCUT2D eigenvalue weighted by molar-refractivity contribution is 6.01. The van der Waals surface area contributed by atoms with Gasteiger partial charge in [0.2, 0.25) is 0 Å². The minimum Gasteiger partial charge on any atom is -0.345 e. The van der Waals surface area contributed by atoms with Gasteiger partial charge in [-0.2, -0.15) is 4.89 Å². The lowest BCUT2D eigenvalue weighted by atomic mass is 10.2. The fourth-order valence-electron chi connectivity index (χ4n) is 1.29. The minimum atomic E-state index is -0.533. The summed E-state index contributed by atoms with van der Waals surface area (Å²) in [4.78, 5) is 27.6. The van der Waals surface area contributed by atoms with Gasteiger partial charge in [-0.1, -0.05) is 6.07 Å². The number of nitrogens with zero attached hydrogens (tertiary/aromatic N) is 1. The summed E-state index contributed by atoms with van der Waals surface area (Å²) in [5.74, 6) is -0.533. The van der Waals surface area contributed by atoms with Crippen molar-refractivity contribution in [2.24, 2.45) is 0 Å². The van der Waals surface area contributed by atoms with E-state index >= 15 is 0 Å². The number of para-hydroxylation sites is 1. The van der Waals surface area contributed by atoms with Gasteiger partial charge in [-0.15, -0.1) is 0 Å². The van der Waals surface area contributed by atoms with Gasteiger partial charge in [0.05, 0.1) is 24.0 Å². The largest absolute Gasteiger partial charge is 0.375 e. The maximum atomic E-state index is 11.5. The van der Waals surface area contributed by atoms with E-state index in [1.54, 1.807) is 19.1 Å². The zero-order valence-electron chi connectivity index (χ0n) is 8.19. The van der Waals surface area contributed by atoms with Crippen LogP contribution in [0.1, 0.15) is 17.3 Å². The number of rotatable bonds is 3. The average molecular weight is 206 g/mol. The molecule has 5 nitrogen and oxygen atoms in total. The number of hydrogen-bond donors (Lipinski definition) is 1. The van der Waals surface area contributed by atoms with Crippen LogP contribution < -0.4 is 0 Å². The van der Waals surface area contributed by atoms with Crippen LogP contribution in [0.3, 0.4) is 0 Å². The van der Waals surface area contributed by atoms with Gasteiger partial charge >= 0.3 is 5.97 Å². The van der Waals surface area contributed by atoms with E-state index in [1.165, 1.54) is 6.33 Å². The second kappa shape index (κ2) is 4.10. The normalized spacial score (nSPS) is 10.5. The lowest BCUT2D eigenvalue weighted by Gasteiger charge is -2.01. The molecule has 5 heteroatoms. The molecule has 1 N–H and O–H groups in total. The molecule has 1 heterocycles. The van der Waals surface area contributed by atoms with Crippen molar-refractivity contribution < 1.29 is 14.6 Å². The molecule has 2 aromatic rings. The number of H-pyrrole nitrogens is 1. The van der Waals surface area contributed by atoms with Crippen LogP contribution in [0.4, 0.5) is 0 Å². The number of nitrogens with one attached hydrogen (secondary N) is 1. The second-order valence-electron chi connectivity index (χ2n) is 2.88. The molecule has 0 amide bonds. The van der Waals surface area contributed by atoms with E-state index in [2.05, 4.69) is 19.7 Å². The molecule has 0 unspecified atom stereocenters. The first kappa shape index (κ1) is 9.67. The number of carbonyl (C=O) groups excluding carboxylic acids is 1. The average Bonchev–Trinajstić information content (AvgIpc) is 2.73.